The molecule has 5 nitrogen and oxygen atoms in total. The van der Waals surface area contributed by atoms with Crippen molar-refractivity contribution in [3.63, 3.8) is 0 Å². The van der Waals surface area contributed by atoms with Gasteiger partial charge in [0.15, 0.2) is 5.76 Å². The van der Waals surface area contributed by atoms with Crippen LogP contribution in [0.4, 0.5) is 0 Å². The Labute approximate surface area is 86.7 Å². The molecule has 2 heterocycles. The molecule has 0 bridgehead atoms. The number of furan rings is 1. The van der Waals surface area contributed by atoms with Gasteiger partial charge < -0.3 is 4.42 Å². The maximum absolute atomic E-state index is 11.2. The fourth-order valence-corrected chi connectivity index (χ4v) is 1.60. The van der Waals surface area contributed by atoms with E-state index in [1.807, 2.05) is 0 Å². The Bertz CT molecular complexity index is 561. The number of rotatable bonds is 2. The number of aromatic nitrogens is 2. The van der Waals surface area contributed by atoms with Gasteiger partial charge in [-0.15, -0.1) is 0 Å². The van der Waals surface area contributed by atoms with Crippen LogP contribution in [0.2, 0.25) is 0 Å². The van der Waals surface area contributed by atoms with Crippen LogP contribution < -0.4 is 0 Å². The van der Waals surface area contributed by atoms with Crippen molar-refractivity contribution in [1.82, 2.24) is 9.97 Å². The number of hydrogen-bond acceptors (Lipinski definition) is 5. The zero-order valence-electron chi connectivity index (χ0n) is 7.91. The predicted octanol–water partition coefficient (Wildman–Crippen LogP) is 1.14. The highest BCUT2D eigenvalue weighted by molar-refractivity contribution is 7.90. The van der Waals surface area contributed by atoms with Gasteiger partial charge in [0.2, 0.25) is 15.0 Å². The monoisotopic (exact) mass is 224 g/mol. The fraction of sp³-hybridized carbons (Fsp3) is 0.111. The molecular formula is C9H8N2O3S. The Balaban J connectivity index is 2.53. The summed E-state index contributed by atoms with van der Waals surface area (Å²) in [4.78, 5) is 7.57. The number of hydrogen-bond donors (Lipinski definition) is 0. The first-order valence-corrected chi connectivity index (χ1v) is 6.03. The molecule has 0 radical (unpaired) electrons. The Hall–Kier alpha value is -1.69. The third-order valence-corrected chi connectivity index (χ3v) is 2.60. The summed E-state index contributed by atoms with van der Waals surface area (Å²) in [6.45, 7) is 0. The molecule has 0 atom stereocenters. The second-order valence-electron chi connectivity index (χ2n) is 2.97. The molecule has 6 heteroatoms. The lowest BCUT2D eigenvalue weighted by Crippen LogP contribution is -2.03. The van der Waals surface area contributed by atoms with E-state index in [9.17, 15) is 8.42 Å². The third-order valence-electron chi connectivity index (χ3n) is 1.74. The van der Waals surface area contributed by atoms with Crippen molar-refractivity contribution in [2.24, 2.45) is 0 Å². The first-order valence-electron chi connectivity index (χ1n) is 4.14. The van der Waals surface area contributed by atoms with Gasteiger partial charge in [-0.25, -0.2) is 18.4 Å². The van der Waals surface area contributed by atoms with E-state index in [4.69, 9.17) is 4.42 Å². The molecule has 0 fully saturated rings. The summed E-state index contributed by atoms with van der Waals surface area (Å²) >= 11 is 0. The van der Waals surface area contributed by atoms with Gasteiger partial charge in [0.1, 0.15) is 5.69 Å². The lowest BCUT2D eigenvalue weighted by Gasteiger charge is -1.98. The molecule has 0 amide bonds. The molecule has 0 aromatic carbocycles. The van der Waals surface area contributed by atoms with E-state index < -0.39 is 9.84 Å². The standard InChI is InChI=1S/C9H8N2O3S/c1-15(12,13)9-10-5-4-7(11-9)8-3-2-6-14-8/h2-6H,1H3. The fourth-order valence-electron chi connectivity index (χ4n) is 1.08. The topological polar surface area (TPSA) is 73.1 Å². The van der Waals surface area contributed by atoms with Gasteiger partial charge in [-0.3, -0.25) is 0 Å². The molecule has 0 unspecified atom stereocenters. The van der Waals surface area contributed by atoms with Gasteiger partial charge in [0, 0.05) is 12.5 Å². The first kappa shape index (κ1) is 9.85. The quantitative estimate of drug-likeness (QED) is 0.715. The van der Waals surface area contributed by atoms with Crippen LogP contribution in [0.3, 0.4) is 0 Å². The molecule has 0 saturated carbocycles. The summed E-state index contributed by atoms with van der Waals surface area (Å²) in [5.41, 5.74) is 0.454. The lowest BCUT2D eigenvalue weighted by atomic mass is 10.3. The minimum Gasteiger partial charge on any atom is -0.463 e. The summed E-state index contributed by atoms with van der Waals surface area (Å²) in [5, 5.41) is -0.198. The molecule has 0 N–H and O–H groups in total. The Kier molecular flexibility index (Phi) is 2.28. The molecule has 2 aromatic rings. The van der Waals surface area contributed by atoms with Crippen molar-refractivity contribution >= 4 is 9.84 Å². The zero-order valence-corrected chi connectivity index (χ0v) is 8.73. The van der Waals surface area contributed by atoms with Crippen LogP contribution in [0.1, 0.15) is 0 Å². The second-order valence-corrected chi connectivity index (χ2v) is 4.88. The van der Waals surface area contributed by atoms with E-state index in [0.717, 1.165) is 6.26 Å². The van der Waals surface area contributed by atoms with E-state index >= 15 is 0 Å². The van der Waals surface area contributed by atoms with Crippen LogP contribution in [0.5, 0.6) is 0 Å². The molecule has 2 aromatic heterocycles. The van der Waals surface area contributed by atoms with Crippen LogP contribution in [0.25, 0.3) is 11.5 Å². The van der Waals surface area contributed by atoms with Crippen LogP contribution in [0.15, 0.2) is 40.2 Å². The molecule has 15 heavy (non-hydrogen) atoms. The summed E-state index contributed by atoms with van der Waals surface area (Å²) in [6.07, 6.45) is 3.95. The van der Waals surface area contributed by atoms with Gasteiger partial charge in [-0.05, 0) is 18.2 Å². The first-order chi connectivity index (χ1) is 7.07. The van der Waals surface area contributed by atoms with Crippen LogP contribution in [-0.4, -0.2) is 24.6 Å². The maximum atomic E-state index is 11.2. The van der Waals surface area contributed by atoms with Gasteiger partial charge in [0.05, 0.1) is 6.26 Å². The molecule has 0 aliphatic carbocycles. The maximum Gasteiger partial charge on any atom is 0.247 e. The van der Waals surface area contributed by atoms with Crippen LogP contribution >= 0.6 is 0 Å². The predicted molar refractivity (Wildman–Crippen MR) is 52.8 cm³/mol. The van der Waals surface area contributed by atoms with Gasteiger partial charge >= 0.3 is 0 Å². The van der Waals surface area contributed by atoms with Crippen molar-refractivity contribution in [2.75, 3.05) is 6.26 Å². The largest absolute Gasteiger partial charge is 0.463 e. The highest BCUT2D eigenvalue weighted by Crippen LogP contribution is 2.17. The molecular weight excluding hydrogens is 216 g/mol. The van der Waals surface area contributed by atoms with E-state index in [2.05, 4.69) is 9.97 Å². The van der Waals surface area contributed by atoms with Crippen molar-refractivity contribution in [3.05, 3.63) is 30.7 Å². The Morgan fingerprint density at radius 2 is 2.13 bits per heavy atom. The van der Waals surface area contributed by atoms with Crippen molar-refractivity contribution in [1.29, 1.82) is 0 Å². The summed E-state index contributed by atoms with van der Waals surface area (Å²) in [7, 11) is -3.38. The van der Waals surface area contributed by atoms with E-state index in [-0.39, 0.29) is 5.16 Å². The van der Waals surface area contributed by atoms with Gasteiger partial charge in [0.25, 0.3) is 0 Å². The highest BCUT2D eigenvalue weighted by Gasteiger charge is 2.12. The van der Waals surface area contributed by atoms with Crippen molar-refractivity contribution in [3.8, 4) is 11.5 Å². The van der Waals surface area contributed by atoms with Gasteiger partial charge in [-0.1, -0.05) is 0 Å². The molecule has 0 aliphatic heterocycles. The average molecular weight is 224 g/mol. The zero-order chi connectivity index (χ0) is 10.9. The normalized spacial score (nSPS) is 11.5. The lowest BCUT2D eigenvalue weighted by molar-refractivity contribution is 0.576. The smallest absolute Gasteiger partial charge is 0.247 e. The minimum absolute atomic E-state index is 0.198. The summed E-state index contributed by atoms with van der Waals surface area (Å²) in [6, 6.07) is 5.00. The molecule has 0 aliphatic rings. The Morgan fingerprint density at radius 3 is 2.73 bits per heavy atom. The highest BCUT2D eigenvalue weighted by atomic mass is 32.2. The second kappa shape index (κ2) is 3.47. The van der Waals surface area contributed by atoms with Gasteiger partial charge in [-0.2, -0.15) is 0 Å². The SMILES string of the molecule is CS(=O)(=O)c1nccc(-c2ccco2)n1. The molecule has 2 rings (SSSR count). The average Bonchev–Trinajstić information content (AvgIpc) is 2.69. The van der Waals surface area contributed by atoms with Crippen molar-refractivity contribution < 1.29 is 12.8 Å². The van der Waals surface area contributed by atoms with Crippen molar-refractivity contribution in [2.45, 2.75) is 5.16 Å². The van der Waals surface area contributed by atoms with E-state index in [0.29, 0.717) is 11.5 Å². The number of nitrogens with zero attached hydrogens (tertiary/aromatic N) is 2. The number of sulfone groups is 1. The van der Waals surface area contributed by atoms with Crippen LogP contribution in [-0.2, 0) is 9.84 Å². The Morgan fingerprint density at radius 1 is 1.33 bits per heavy atom. The molecule has 0 saturated heterocycles. The van der Waals surface area contributed by atoms with Crippen LogP contribution in [0, 0.1) is 0 Å². The summed E-state index contributed by atoms with van der Waals surface area (Å²) < 4.78 is 27.5. The molecule has 0 spiro atoms. The third kappa shape index (κ3) is 2.04. The van der Waals surface area contributed by atoms with E-state index in [1.165, 1.54) is 12.5 Å². The molecule has 78 valence electrons. The van der Waals surface area contributed by atoms with E-state index in [1.54, 1.807) is 18.2 Å². The summed E-state index contributed by atoms with van der Waals surface area (Å²) in [5.74, 6) is 0.516. The minimum atomic E-state index is -3.38.